The van der Waals surface area contributed by atoms with Crippen LogP contribution in [0.1, 0.15) is 49.5 Å². The quantitative estimate of drug-likeness (QED) is 0.232. The number of ether oxygens (including phenoxy) is 4. The van der Waals surface area contributed by atoms with Crippen molar-refractivity contribution >= 4 is 34.7 Å². The van der Waals surface area contributed by atoms with Gasteiger partial charge in [0.2, 0.25) is 0 Å². The van der Waals surface area contributed by atoms with Crippen molar-refractivity contribution in [2.75, 3.05) is 26.9 Å². The van der Waals surface area contributed by atoms with Gasteiger partial charge in [0.1, 0.15) is 0 Å². The number of rotatable bonds is 12. The van der Waals surface area contributed by atoms with Crippen molar-refractivity contribution in [1.29, 1.82) is 0 Å². The van der Waals surface area contributed by atoms with E-state index < -0.39 is 0 Å². The number of amides is 1. The van der Waals surface area contributed by atoms with Gasteiger partial charge in [0.05, 0.1) is 36.7 Å². The highest BCUT2D eigenvalue weighted by atomic mass is 127. The van der Waals surface area contributed by atoms with Gasteiger partial charge in [0.15, 0.2) is 23.0 Å². The predicted molar refractivity (Wildman–Crippen MR) is 130 cm³/mol. The molecular weight excluding hydrogens is 511 g/mol. The Kier molecular flexibility index (Phi) is 10.4. The normalized spacial score (nSPS) is 10.7. The highest BCUT2D eigenvalue weighted by molar-refractivity contribution is 14.1. The fourth-order valence-electron chi connectivity index (χ4n) is 2.64. The van der Waals surface area contributed by atoms with Gasteiger partial charge < -0.3 is 18.9 Å². The van der Waals surface area contributed by atoms with Gasteiger partial charge in [-0.2, -0.15) is 5.10 Å². The van der Waals surface area contributed by atoms with Crippen molar-refractivity contribution in [3.8, 4) is 23.0 Å². The summed E-state index contributed by atoms with van der Waals surface area (Å²) >= 11 is 2.21. The van der Waals surface area contributed by atoms with Gasteiger partial charge in [-0.1, -0.05) is 13.8 Å². The van der Waals surface area contributed by atoms with Crippen LogP contribution in [-0.2, 0) is 0 Å². The van der Waals surface area contributed by atoms with E-state index in [0.717, 1.165) is 27.7 Å². The monoisotopic (exact) mass is 540 g/mol. The van der Waals surface area contributed by atoms with Gasteiger partial charge >= 0.3 is 0 Å². The van der Waals surface area contributed by atoms with Crippen molar-refractivity contribution in [1.82, 2.24) is 5.43 Å². The first kappa shape index (κ1) is 24.8. The Morgan fingerprint density at radius 2 is 1.74 bits per heavy atom. The molecule has 0 atom stereocenters. The minimum Gasteiger partial charge on any atom is -0.493 e. The number of benzene rings is 2. The molecule has 0 aliphatic heterocycles. The molecule has 1 amide bonds. The number of hydrazone groups is 1. The van der Waals surface area contributed by atoms with Gasteiger partial charge in [0.25, 0.3) is 5.91 Å². The molecular formula is C23H29IN2O5. The second-order valence-corrected chi connectivity index (χ2v) is 7.69. The number of methoxy groups -OCH3 is 1. The summed E-state index contributed by atoms with van der Waals surface area (Å²) in [6.07, 6.45) is 3.37. The first-order valence-corrected chi connectivity index (χ1v) is 11.3. The molecule has 0 heterocycles. The van der Waals surface area contributed by atoms with E-state index in [9.17, 15) is 4.79 Å². The van der Waals surface area contributed by atoms with E-state index in [1.165, 1.54) is 0 Å². The lowest BCUT2D eigenvalue weighted by atomic mass is 10.2. The van der Waals surface area contributed by atoms with Crippen molar-refractivity contribution in [3.63, 3.8) is 0 Å². The first-order valence-electron chi connectivity index (χ1n) is 10.3. The zero-order valence-electron chi connectivity index (χ0n) is 18.4. The van der Waals surface area contributed by atoms with Gasteiger partial charge in [-0.25, -0.2) is 5.43 Å². The van der Waals surface area contributed by atoms with Crippen LogP contribution in [0.4, 0.5) is 0 Å². The minimum atomic E-state index is -0.348. The summed E-state index contributed by atoms with van der Waals surface area (Å²) in [4.78, 5) is 12.5. The molecule has 0 fully saturated rings. The molecule has 2 aromatic carbocycles. The third kappa shape index (κ3) is 7.30. The molecule has 0 bridgehead atoms. The van der Waals surface area contributed by atoms with Crippen LogP contribution in [0.15, 0.2) is 35.4 Å². The van der Waals surface area contributed by atoms with Crippen LogP contribution >= 0.6 is 22.6 Å². The van der Waals surface area contributed by atoms with Crippen LogP contribution in [0.2, 0.25) is 0 Å². The summed E-state index contributed by atoms with van der Waals surface area (Å²) in [5.74, 6) is 2.14. The average molecular weight is 540 g/mol. The van der Waals surface area contributed by atoms with Crippen molar-refractivity contribution in [2.24, 2.45) is 5.10 Å². The Balaban J connectivity index is 2.11. The molecule has 31 heavy (non-hydrogen) atoms. The van der Waals surface area contributed by atoms with Gasteiger partial charge in [0, 0.05) is 5.56 Å². The van der Waals surface area contributed by atoms with Crippen LogP contribution in [0.3, 0.4) is 0 Å². The van der Waals surface area contributed by atoms with E-state index in [1.807, 2.05) is 26.0 Å². The molecule has 0 saturated heterocycles. The fourth-order valence-corrected chi connectivity index (χ4v) is 3.42. The van der Waals surface area contributed by atoms with Crippen LogP contribution < -0.4 is 24.4 Å². The SMILES string of the molecule is CCCOc1ccc(C(=O)N/N=C/c2cc(I)c(OCCC)c(OCC)c2)cc1OC. The second-order valence-electron chi connectivity index (χ2n) is 6.52. The number of nitrogens with zero attached hydrogens (tertiary/aromatic N) is 1. The number of carbonyl (C=O) groups is 1. The van der Waals surface area contributed by atoms with Crippen LogP contribution in [0, 0.1) is 3.57 Å². The van der Waals surface area contributed by atoms with Crippen LogP contribution in [-0.4, -0.2) is 39.1 Å². The Morgan fingerprint density at radius 3 is 2.42 bits per heavy atom. The highest BCUT2D eigenvalue weighted by Crippen LogP contribution is 2.34. The van der Waals surface area contributed by atoms with Crippen molar-refractivity contribution in [3.05, 3.63) is 45.0 Å². The van der Waals surface area contributed by atoms with E-state index in [0.29, 0.717) is 42.6 Å². The number of halogens is 1. The van der Waals surface area contributed by atoms with E-state index in [2.05, 4.69) is 40.0 Å². The van der Waals surface area contributed by atoms with Crippen molar-refractivity contribution < 1.29 is 23.7 Å². The Labute approximate surface area is 197 Å². The standard InChI is InChI=1S/C23H29IN2O5/c1-5-10-30-19-9-8-17(14-20(19)28-4)23(27)26-25-15-16-12-18(24)22(31-11-6-2)21(13-16)29-7-3/h8-9,12-15H,5-7,10-11H2,1-4H3,(H,26,27)/b25-15+. The molecule has 7 nitrogen and oxygen atoms in total. The van der Waals surface area contributed by atoms with E-state index >= 15 is 0 Å². The molecule has 0 unspecified atom stereocenters. The smallest absolute Gasteiger partial charge is 0.271 e. The molecule has 8 heteroatoms. The molecule has 168 valence electrons. The second kappa shape index (κ2) is 13.0. The molecule has 2 rings (SSSR count). The Bertz CT molecular complexity index is 902. The zero-order chi connectivity index (χ0) is 22.6. The summed E-state index contributed by atoms with van der Waals surface area (Å²) < 4.78 is 23.4. The number of carbonyl (C=O) groups excluding carboxylic acids is 1. The molecule has 0 aliphatic rings. The summed E-state index contributed by atoms with van der Waals surface area (Å²) in [6, 6.07) is 8.79. The van der Waals surface area contributed by atoms with Crippen molar-refractivity contribution in [2.45, 2.75) is 33.6 Å². The van der Waals surface area contributed by atoms with E-state index in [4.69, 9.17) is 18.9 Å². The average Bonchev–Trinajstić information content (AvgIpc) is 2.77. The molecule has 0 saturated carbocycles. The summed E-state index contributed by atoms with van der Waals surface area (Å²) in [6.45, 7) is 7.72. The molecule has 2 aromatic rings. The largest absolute Gasteiger partial charge is 0.493 e. The number of hydrogen-bond donors (Lipinski definition) is 1. The summed E-state index contributed by atoms with van der Waals surface area (Å²) in [5, 5.41) is 4.08. The molecule has 0 aliphatic carbocycles. The minimum absolute atomic E-state index is 0.348. The third-order valence-electron chi connectivity index (χ3n) is 4.05. The predicted octanol–water partition coefficient (Wildman–Crippen LogP) is 5.04. The molecule has 0 aromatic heterocycles. The lowest BCUT2D eigenvalue weighted by Gasteiger charge is -2.14. The molecule has 0 radical (unpaired) electrons. The molecule has 0 spiro atoms. The Morgan fingerprint density at radius 1 is 1.00 bits per heavy atom. The first-order chi connectivity index (χ1) is 15.0. The van der Waals surface area contributed by atoms with Gasteiger partial charge in [-0.15, -0.1) is 0 Å². The summed E-state index contributed by atoms with van der Waals surface area (Å²) in [5.41, 5.74) is 3.75. The highest BCUT2D eigenvalue weighted by Gasteiger charge is 2.13. The lowest BCUT2D eigenvalue weighted by Crippen LogP contribution is -2.17. The topological polar surface area (TPSA) is 78.4 Å². The zero-order valence-corrected chi connectivity index (χ0v) is 20.5. The maximum absolute atomic E-state index is 12.5. The van der Waals surface area contributed by atoms with Crippen LogP contribution in [0.25, 0.3) is 0 Å². The maximum Gasteiger partial charge on any atom is 0.271 e. The van der Waals surface area contributed by atoms with E-state index in [-0.39, 0.29) is 5.91 Å². The molecule has 1 N–H and O–H groups in total. The van der Waals surface area contributed by atoms with Gasteiger partial charge in [-0.05, 0) is 78.3 Å². The Hall–Kier alpha value is -2.49. The van der Waals surface area contributed by atoms with E-state index in [1.54, 1.807) is 31.5 Å². The number of nitrogens with one attached hydrogen (secondary N) is 1. The maximum atomic E-state index is 12.5. The fraction of sp³-hybridized carbons (Fsp3) is 0.391. The van der Waals surface area contributed by atoms with Gasteiger partial charge in [-0.3, -0.25) is 4.79 Å². The lowest BCUT2D eigenvalue weighted by molar-refractivity contribution is 0.0954. The number of hydrogen-bond acceptors (Lipinski definition) is 6. The third-order valence-corrected chi connectivity index (χ3v) is 4.85. The summed E-state index contributed by atoms with van der Waals surface area (Å²) in [7, 11) is 1.54. The van der Waals surface area contributed by atoms with Crippen LogP contribution in [0.5, 0.6) is 23.0 Å².